The molecule has 2 N–H and O–H groups in total. The van der Waals surface area contributed by atoms with Crippen LogP contribution in [-0.4, -0.2) is 16.1 Å². The second-order valence-corrected chi connectivity index (χ2v) is 5.57. The molecule has 0 atom stereocenters. The van der Waals surface area contributed by atoms with E-state index >= 15 is 0 Å². The third-order valence-corrected chi connectivity index (χ3v) is 3.87. The third kappa shape index (κ3) is 3.00. The van der Waals surface area contributed by atoms with Crippen LogP contribution in [0.3, 0.4) is 0 Å². The number of anilines is 1. The Hall–Kier alpha value is -2.07. The Labute approximate surface area is 127 Å². The van der Waals surface area contributed by atoms with Gasteiger partial charge in [-0.2, -0.15) is 0 Å². The van der Waals surface area contributed by atoms with Crippen molar-refractivity contribution in [1.29, 1.82) is 0 Å². The van der Waals surface area contributed by atoms with Gasteiger partial charge in [0.2, 0.25) is 0 Å². The lowest BCUT2D eigenvalue weighted by Crippen LogP contribution is -2.10. The van der Waals surface area contributed by atoms with Gasteiger partial charge in [-0.05, 0) is 48.6 Å². The summed E-state index contributed by atoms with van der Waals surface area (Å²) in [4.78, 5) is 15.9. The Kier molecular flexibility index (Phi) is 3.80. The number of nitrogens with one attached hydrogen (secondary N) is 1. The van der Waals surface area contributed by atoms with E-state index in [1.807, 2.05) is 18.2 Å². The second-order valence-electron chi connectivity index (χ2n) is 5.13. The highest BCUT2D eigenvalue weighted by atomic mass is 35.5. The monoisotopic (exact) mass is 302 g/mol. The van der Waals surface area contributed by atoms with Crippen molar-refractivity contribution >= 4 is 23.4 Å². The molecule has 0 radical (unpaired) electrons. The minimum atomic E-state index is -0.953. The second kappa shape index (κ2) is 5.74. The zero-order valence-corrected chi connectivity index (χ0v) is 12.2. The van der Waals surface area contributed by atoms with Gasteiger partial charge in [0.1, 0.15) is 11.4 Å². The Balaban J connectivity index is 1.86. The molecule has 1 aromatic heterocycles. The van der Waals surface area contributed by atoms with Gasteiger partial charge in [0.15, 0.2) is 0 Å². The van der Waals surface area contributed by atoms with Gasteiger partial charge in [0.25, 0.3) is 0 Å². The number of carbonyl (C=O) groups is 1. The molecule has 4 nitrogen and oxygen atoms in total. The van der Waals surface area contributed by atoms with Crippen molar-refractivity contribution in [1.82, 2.24) is 4.98 Å². The first kappa shape index (κ1) is 13.9. The number of hydrogen-bond acceptors (Lipinski definition) is 3. The number of nitrogens with zero attached hydrogens (tertiary/aromatic N) is 1. The summed E-state index contributed by atoms with van der Waals surface area (Å²) in [6.07, 6.45) is 2.87. The molecule has 0 amide bonds. The predicted molar refractivity (Wildman–Crippen MR) is 82.0 cm³/mol. The number of aryl methyl sites for hydroxylation is 2. The van der Waals surface area contributed by atoms with Crippen LogP contribution in [0, 0.1) is 0 Å². The maximum absolute atomic E-state index is 11.4. The maximum Gasteiger partial charge on any atom is 0.339 e. The van der Waals surface area contributed by atoms with E-state index in [2.05, 4.69) is 10.3 Å². The van der Waals surface area contributed by atoms with Gasteiger partial charge in [-0.3, -0.25) is 0 Å². The van der Waals surface area contributed by atoms with E-state index in [4.69, 9.17) is 11.6 Å². The lowest BCUT2D eigenvalue weighted by Gasteiger charge is -2.11. The summed E-state index contributed by atoms with van der Waals surface area (Å²) in [7, 11) is 0. The van der Waals surface area contributed by atoms with Gasteiger partial charge in [-0.25, -0.2) is 9.78 Å². The average molecular weight is 303 g/mol. The number of carboxylic acids is 1. The van der Waals surface area contributed by atoms with Crippen LogP contribution in [0.25, 0.3) is 0 Å². The molecule has 0 bridgehead atoms. The highest BCUT2D eigenvalue weighted by Crippen LogP contribution is 2.25. The highest BCUT2D eigenvalue weighted by molar-refractivity contribution is 6.30. The summed E-state index contributed by atoms with van der Waals surface area (Å²) in [5.74, 6) is -0.520. The molecule has 108 valence electrons. The fraction of sp³-hybridized carbons (Fsp3) is 0.250. The smallest absolute Gasteiger partial charge is 0.339 e. The molecule has 5 heteroatoms. The molecule has 1 aliphatic rings. The molecule has 0 aliphatic heterocycles. The van der Waals surface area contributed by atoms with Gasteiger partial charge in [0.05, 0.1) is 0 Å². The molecule has 21 heavy (non-hydrogen) atoms. The molecule has 1 aromatic carbocycles. The van der Waals surface area contributed by atoms with E-state index in [9.17, 15) is 9.90 Å². The van der Waals surface area contributed by atoms with E-state index < -0.39 is 5.97 Å². The number of aromatic carboxylic acids is 1. The van der Waals surface area contributed by atoms with Crippen molar-refractivity contribution in [2.45, 2.75) is 25.8 Å². The van der Waals surface area contributed by atoms with Crippen molar-refractivity contribution < 1.29 is 9.90 Å². The molecule has 2 aromatic rings. The van der Waals surface area contributed by atoms with Gasteiger partial charge in [-0.1, -0.05) is 23.7 Å². The Morgan fingerprint density at radius 2 is 2.19 bits per heavy atom. The SMILES string of the molecule is O=C(O)c1cc2c(nc1NCc1cccc(Cl)c1)CCC2. The van der Waals surface area contributed by atoms with E-state index in [1.54, 1.807) is 12.1 Å². The van der Waals surface area contributed by atoms with E-state index in [-0.39, 0.29) is 5.56 Å². The predicted octanol–water partition coefficient (Wildman–Crippen LogP) is 3.53. The normalized spacial score (nSPS) is 13.0. The average Bonchev–Trinajstić information content (AvgIpc) is 2.91. The van der Waals surface area contributed by atoms with Crippen LogP contribution in [0.4, 0.5) is 5.82 Å². The van der Waals surface area contributed by atoms with Crippen LogP contribution >= 0.6 is 11.6 Å². The van der Waals surface area contributed by atoms with Crippen molar-refractivity contribution in [2.24, 2.45) is 0 Å². The molecular weight excluding hydrogens is 288 g/mol. The number of pyridine rings is 1. The van der Waals surface area contributed by atoms with Gasteiger partial charge in [0, 0.05) is 17.3 Å². The summed E-state index contributed by atoms with van der Waals surface area (Å²) >= 11 is 5.95. The van der Waals surface area contributed by atoms with Crippen LogP contribution in [0.2, 0.25) is 5.02 Å². The summed E-state index contributed by atoms with van der Waals surface area (Å²) < 4.78 is 0. The number of hydrogen-bond donors (Lipinski definition) is 2. The molecule has 1 aliphatic carbocycles. The quantitative estimate of drug-likeness (QED) is 0.907. The van der Waals surface area contributed by atoms with Crippen molar-refractivity contribution in [3.05, 3.63) is 57.7 Å². The summed E-state index contributed by atoms with van der Waals surface area (Å²) in [6, 6.07) is 9.21. The number of carboxylic acid groups (broad SMARTS) is 1. The standard InChI is InChI=1S/C16H15ClN2O2/c17-12-5-1-3-10(7-12)9-18-15-13(16(20)21)8-11-4-2-6-14(11)19-15/h1,3,5,7-8H,2,4,6,9H2,(H,18,19)(H,20,21). The van der Waals surface area contributed by atoms with E-state index in [1.165, 1.54) is 0 Å². The minimum absolute atomic E-state index is 0.234. The van der Waals surface area contributed by atoms with E-state index in [0.717, 1.165) is 36.1 Å². The Morgan fingerprint density at radius 3 is 2.95 bits per heavy atom. The summed E-state index contributed by atoms with van der Waals surface area (Å²) in [6.45, 7) is 0.493. The lowest BCUT2D eigenvalue weighted by atomic mass is 10.1. The molecule has 0 saturated heterocycles. The van der Waals surface area contributed by atoms with Crippen molar-refractivity contribution in [3.8, 4) is 0 Å². The number of benzene rings is 1. The van der Waals surface area contributed by atoms with Crippen molar-refractivity contribution in [3.63, 3.8) is 0 Å². The number of aromatic nitrogens is 1. The highest BCUT2D eigenvalue weighted by Gasteiger charge is 2.19. The number of halogens is 1. The first-order chi connectivity index (χ1) is 10.1. The van der Waals surface area contributed by atoms with Gasteiger partial charge >= 0.3 is 5.97 Å². The van der Waals surface area contributed by atoms with Crippen LogP contribution in [0.5, 0.6) is 0 Å². The Bertz CT molecular complexity index is 701. The van der Waals surface area contributed by atoms with E-state index in [0.29, 0.717) is 17.4 Å². The molecule has 0 unspecified atom stereocenters. The van der Waals surface area contributed by atoms with Crippen LogP contribution in [0.1, 0.15) is 33.6 Å². The molecule has 0 saturated carbocycles. The summed E-state index contributed by atoms with van der Waals surface area (Å²) in [5.41, 5.74) is 3.29. The van der Waals surface area contributed by atoms with Crippen molar-refractivity contribution in [2.75, 3.05) is 5.32 Å². The maximum atomic E-state index is 11.4. The first-order valence-electron chi connectivity index (χ1n) is 6.88. The zero-order valence-electron chi connectivity index (χ0n) is 11.4. The largest absolute Gasteiger partial charge is 0.478 e. The fourth-order valence-electron chi connectivity index (χ4n) is 2.60. The minimum Gasteiger partial charge on any atom is -0.478 e. The topological polar surface area (TPSA) is 62.2 Å². The number of fused-ring (bicyclic) bond motifs is 1. The van der Waals surface area contributed by atoms with Crippen LogP contribution in [0.15, 0.2) is 30.3 Å². The first-order valence-corrected chi connectivity index (χ1v) is 7.25. The fourth-order valence-corrected chi connectivity index (χ4v) is 2.82. The van der Waals surface area contributed by atoms with Gasteiger partial charge in [-0.15, -0.1) is 0 Å². The molecule has 0 fully saturated rings. The molecule has 1 heterocycles. The van der Waals surface area contributed by atoms with Crippen LogP contribution < -0.4 is 5.32 Å². The molecule has 3 rings (SSSR count). The molecular formula is C16H15ClN2O2. The number of rotatable bonds is 4. The summed E-state index contributed by atoms with van der Waals surface area (Å²) in [5, 5.41) is 13.1. The lowest BCUT2D eigenvalue weighted by molar-refractivity contribution is 0.0697. The van der Waals surface area contributed by atoms with Crippen LogP contribution in [-0.2, 0) is 19.4 Å². The molecule has 0 spiro atoms. The third-order valence-electron chi connectivity index (χ3n) is 3.63. The van der Waals surface area contributed by atoms with Gasteiger partial charge < -0.3 is 10.4 Å². The Morgan fingerprint density at radius 1 is 1.33 bits per heavy atom. The zero-order chi connectivity index (χ0) is 14.8.